The Morgan fingerprint density at radius 2 is 2.13 bits per heavy atom. The zero-order chi connectivity index (χ0) is 10.8. The van der Waals surface area contributed by atoms with E-state index >= 15 is 0 Å². The molecule has 0 unspecified atom stereocenters. The maximum atomic E-state index is 10.8. The average Bonchev–Trinajstić information content (AvgIpc) is 2.69. The molecule has 76 valence electrons. The maximum Gasteiger partial charge on any atom is 0.335 e. The zero-order valence-corrected chi connectivity index (χ0v) is 8.62. The summed E-state index contributed by atoms with van der Waals surface area (Å²) in [6, 6.07) is 8.72. The molecule has 15 heavy (non-hydrogen) atoms. The number of nitrogens with two attached hydrogens (primary N) is 1. The highest BCUT2D eigenvalue weighted by atomic mass is 32.1. The topological polar surface area (TPSA) is 63.3 Å². The summed E-state index contributed by atoms with van der Waals surface area (Å²) >= 11 is 1.56. The first kappa shape index (κ1) is 9.73. The summed E-state index contributed by atoms with van der Waals surface area (Å²) in [7, 11) is 0. The van der Waals surface area contributed by atoms with Crippen LogP contribution in [-0.4, -0.2) is 11.1 Å². The lowest BCUT2D eigenvalue weighted by atomic mass is 10.1. The molecule has 4 heteroatoms. The van der Waals surface area contributed by atoms with Crippen molar-refractivity contribution in [1.29, 1.82) is 0 Å². The molecule has 3 N–H and O–H groups in total. The summed E-state index contributed by atoms with van der Waals surface area (Å²) in [5.41, 5.74) is 7.19. The Bertz CT molecular complexity index is 491. The molecule has 0 amide bonds. The summed E-state index contributed by atoms with van der Waals surface area (Å²) in [5.74, 6) is -0.958. The fourth-order valence-corrected chi connectivity index (χ4v) is 2.08. The van der Waals surface area contributed by atoms with E-state index in [0.717, 1.165) is 10.4 Å². The molecule has 0 aliphatic heterocycles. The van der Waals surface area contributed by atoms with E-state index in [2.05, 4.69) is 0 Å². The lowest BCUT2D eigenvalue weighted by Gasteiger charge is -2.02. The minimum Gasteiger partial charge on any atom is -0.478 e. The van der Waals surface area contributed by atoms with Crippen LogP contribution in [0.25, 0.3) is 10.4 Å². The number of carboxylic acid groups (broad SMARTS) is 1. The van der Waals surface area contributed by atoms with E-state index in [0.29, 0.717) is 5.69 Å². The van der Waals surface area contributed by atoms with Gasteiger partial charge in [-0.25, -0.2) is 4.79 Å². The molecule has 1 aromatic heterocycles. The molecule has 0 spiro atoms. The third-order valence-electron chi connectivity index (χ3n) is 2.01. The van der Waals surface area contributed by atoms with Crippen molar-refractivity contribution in [1.82, 2.24) is 0 Å². The number of rotatable bonds is 2. The van der Waals surface area contributed by atoms with Gasteiger partial charge in [-0.3, -0.25) is 0 Å². The van der Waals surface area contributed by atoms with Gasteiger partial charge in [0.2, 0.25) is 0 Å². The molecule has 0 saturated carbocycles. The number of hydrogen-bond acceptors (Lipinski definition) is 3. The monoisotopic (exact) mass is 219 g/mol. The summed E-state index contributed by atoms with van der Waals surface area (Å²) in [6.45, 7) is 0. The first-order valence-corrected chi connectivity index (χ1v) is 5.22. The van der Waals surface area contributed by atoms with Gasteiger partial charge in [-0.1, -0.05) is 6.07 Å². The SMILES string of the molecule is Nc1cc(C(=O)O)cc(-c2cccs2)c1. The summed E-state index contributed by atoms with van der Waals surface area (Å²) in [6.07, 6.45) is 0. The second-order valence-corrected chi connectivity index (χ2v) is 4.07. The van der Waals surface area contributed by atoms with E-state index in [9.17, 15) is 4.79 Å². The molecule has 1 heterocycles. The van der Waals surface area contributed by atoms with Gasteiger partial charge in [0.15, 0.2) is 0 Å². The van der Waals surface area contributed by atoms with E-state index < -0.39 is 5.97 Å². The number of benzene rings is 1. The molecule has 0 aliphatic rings. The van der Waals surface area contributed by atoms with Crippen LogP contribution >= 0.6 is 11.3 Å². The first-order valence-electron chi connectivity index (χ1n) is 4.34. The molecule has 0 atom stereocenters. The highest BCUT2D eigenvalue weighted by Crippen LogP contribution is 2.27. The fourth-order valence-electron chi connectivity index (χ4n) is 1.36. The van der Waals surface area contributed by atoms with Gasteiger partial charge in [0.25, 0.3) is 0 Å². The minimum atomic E-state index is -0.958. The third kappa shape index (κ3) is 1.99. The van der Waals surface area contributed by atoms with Crippen LogP contribution in [0.5, 0.6) is 0 Å². The van der Waals surface area contributed by atoms with Gasteiger partial charge in [-0.15, -0.1) is 11.3 Å². The Labute approximate surface area is 90.8 Å². The lowest BCUT2D eigenvalue weighted by molar-refractivity contribution is 0.0697. The van der Waals surface area contributed by atoms with Crippen LogP contribution in [0.3, 0.4) is 0 Å². The second kappa shape index (κ2) is 3.74. The molecule has 0 radical (unpaired) electrons. The van der Waals surface area contributed by atoms with Gasteiger partial charge < -0.3 is 10.8 Å². The van der Waals surface area contributed by atoms with Crippen LogP contribution in [0.2, 0.25) is 0 Å². The van der Waals surface area contributed by atoms with Crippen LogP contribution < -0.4 is 5.73 Å². The summed E-state index contributed by atoms with van der Waals surface area (Å²) < 4.78 is 0. The van der Waals surface area contributed by atoms with Crippen molar-refractivity contribution >= 4 is 23.0 Å². The number of carboxylic acids is 1. The third-order valence-corrected chi connectivity index (χ3v) is 2.93. The van der Waals surface area contributed by atoms with Crippen molar-refractivity contribution in [2.75, 3.05) is 5.73 Å². The van der Waals surface area contributed by atoms with Gasteiger partial charge in [-0.05, 0) is 35.2 Å². The molecule has 0 saturated heterocycles. The minimum absolute atomic E-state index is 0.221. The Hall–Kier alpha value is -1.81. The van der Waals surface area contributed by atoms with Gasteiger partial charge in [0.1, 0.15) is 0 Å². The van der Waals surface area contributed by atoms with Crippen molar-refractivity contribution in [3.8, 4) is 10.4 Å². The number of anilines is 1. The van der Waals surface area contributed by atoms with Crippen LogP contribution in [0.1, 0.15) is 10.4 Å². The van der Waals surface area contributed by atoms with Crippen LogP contribution in [0.4, 0.5) is 5.69 Å². The van der Waals surface area contributed by atoms with Crippen molar-refractivity contribution < 1.29 is 9.90 Å². The van der Waals surface area contributed by atoms with Crippen molar-refractivity contribution in [2.24, 2.45) is 0 Å². The second-order valence-electron chi connectivity index (χ2n) is 3.13. The normalized spacial score (nSPS) is 10.1. The molecule has 2 rings (SSSR count). The number of hydrogen-bond donors (Lipinski definition) is 2. The molecule has 1 aromatic carbocycles. The standard InChI is InChI=1S/C11H9NO2S/c12-9-5-7(10-2-1-3-15-10)4-8(6-9)11(13)14/h1-6H,12H2,(H,13,14). The fraction of sp³-hybridized carbons (Fsp3) is 0. The van der Waals surface area contributed by atoms with Crippen LogP contribution in [0.15, 0.2) is 35.7 Å². The molecular formula is C11H9NO2S. The van der Waals surface area contributed by atoms with E-state index in [1.165, 1.54) is 6.07 Å². The van der Waals surface area contributed by atoms with Crippen LogP contribution in [0, 0.1) is 0 Å². The van der Waals surface area contributed by atoms with E-state index in [-0.39, 0.29) is 5.56 Å². The average molecular weight is 219 g/mol. The van der Waals surface area contributed by atoms with Crippen molar-refractivity contribution in [2.45, 2.75) is 0 Å². The molecule has 3 nitrogen and oxygen atoms in total. The summed E-state index contributed by atoms with van der Waals surface area (Å²) in [4.78, 5) is 11.8. The van der Waals surface area contributed by atoms with E-state index in [1.54, 1.807) is 23.5 Å². The van der Waals surface area contributed by atoms with Gasteiger partial charge in [0.05, 0.1) is 5.56 Å². The Morgan fingerprint density at radius 3 is 2.73 bits per heavy atom. The Morgan fingerprint density at radius 1 is 1.33 bits per heavy atom. The predicted octanol–water partition coefficient (Wildman–Crippen LogP) is 2.70. The molecule has 0 fully saturated rings. The predicted molar refractivity (Wildman–Crippen MR) is 61.1 cm³/mol. The first-order chi connectivity index (χ1) is 7.16. The molecule has 2 aromatic rings. The van der Waals surface area contributed by atoms with Gasteiger partial charge in [0, 0.05) is 10.6 Å². The number of thiophene rings is 1. The quantitative estimate of drug-likeness (QED) is 0.763. The Balaban J connectivity index is 2.54. The van der Waals surface area contributed by atoms with E-state index in [1.807, 2.05) is 17.5 Å². The van der Waals surface area contributed by atoms with Crippen molar-refractivity contribution in [3.05, 3.63) is 41.3 Å². The van der Waals surface area contributed by atoms with Crippen molar-refractivity contribution in [3.63, 3.8) is 0 Å². The van der Waals surface area contributed by atoms with Crippen LogP contribution in [-0.2, 0) is 0 Å². The lowest BCUT2D eigenvalue weighted by Crippen LogP contribution is -1.98. The highest BCUT2D eigenvalue weighted by molar-refractivity contribution is 7.13. The number of aromatic carboxylic acids is 1. The highest BCUT2D eigenvalue weighted by Gasteiger charge is 2.07. The largest absolute Gasteiger partial charge is 0.478 e. The summed E-state index contributed by atoms with van der Waals surface area (Å²) in [5, 5.41) is 10.8. The zero-order valence-electron chi connectivity index (χ0n) is 7.81. The molecule has 0 aliphatic carbocycles. The molecule has 0 bridgehead atoms. The maximum absolute atomic E-state index is 10.8. The molecular weight excluding hydrogens is 210 g/mol. The van der Waals surface area contributed by atoms with Gasteiger partial charge >= 0.3 is 5.97 Å². The van der Waals surface area contributed by atoms with Gasteiger partial charge in [-0.2, -0.15) is 0 Å². The smallest absolute Gasteiger partial charge is 0.335 e. The number of carbonyl (C=O) groups is 1. The van der Waals surface area contributed by atoms with E-state index in [4.69, 9.17) is 10.8 Å². The Kier molecular flexibility index (Phi) is 2.43. The number of nitrogen functional groups attached to an aromatic ring is 1.